The summed E-state index contributed by atoms with van der Waals surface area (Å²) >= 11 is 0. The van der Waals surface area contributed by atoms with Gasteiger partial charge in [-0.1, -0.05) is 51.4 Å². The van der Waals surface area contributed by atoms with Crippen molar-refractivity contribution in [3.8, 4) is 22.8 Å². The van der Waals surface area contributed by atoms with Crippen molar-refractivity contribution < 1.29 is 23.6 Å². The summed E-state index contributed by atoms with van der Waals surface area (Å²) < 4.78 is 6.33. The van der Waals surface area contributed by atoms with Gasteiger partial charge in [0.15, 0.2) is 5.76 Å². The third-order valence-electron chi connectivity index (χ3n) is 15.1. The Bertz CT molecular complexity index is 1870. The molecule has 2 N–H and O–H groups in total. The fraction of sp³-hybridized carbons (Fsp3) is 0.627. The number of likely N-dealkylation sites (tertiary alicyclic amines) is 2. The van der Waals surface area contributed by atoms with E-state index in [-0.39, 0.29) is 47.8 Å². The molecule has 2 aromatic carbocycles. The van der Waals surface area contributed by atoms with E-state index in [0.717, 1.165) is 115 Å². The number of rotatable bonds is 12. The number of benzene rings is 2. The van der Waals surface area contributed by atoms with Crippen molar-refractivity contribution in [1.82, 2.24) is 25.4 Å². The second-order valence-electron chi connectivity index (χ2n) is 19.5. The summed E-state index contributed by atoms with van der Waals surface area (Å²) in [5.41, 5.74) is 2.66. The van der Waals surface area contributed by atoms with Crippen LogP contribution >= 0.6 is 0 Å². The lowest BCUT2D eigenvalue weighted by molar-refractivity contribution is -0.133. The first-order chi connectivity index (χ1) is 30.9. The number of anilines is 2. The molecule has 6 fully saturated rings. The van der Waals surface area contributed by atoms with Crippen LogP contribution in [0.4, 0.5) is 11.4 Å². The van der Waals surface area contributed by atoms with Gasteiger partial charge in [-0.05, 0) is 164 Å². The lowest BCUT2D eigenvalue weighted by atomic mass is 9.87. The monoisotopic (exact) mass is 860 g/mol. The fourth-order valence-electron chi connectivity index (χ4n) is 11.6. The highest BCUT2D eigenvalue weighted by Gasteiger charge is 2.41. The van der Waals surface area contributed by atoms with Crippen LogP contribution in [0.5, 0.6) is 0 Å². The van der Waals surface area contributed by atoms with Gasteiger partial charge in [0.2, 0.25) is 5.89 Å². The smallest absolute Gasteiger partial charge is 0.251 e. The molecule has 0 bridgehead atoms. The standard InChI is InChI=1S/C51H69N7O5/c59-48(42-17-11-29-52-42)57(50(61)44-19-7-9-31-55(44)34-36-13-3-1-4-14-36)40-25-21-38(22-26-40)46-33-54-47(63-46)39-23-27-41(28-24-39)58(49(60)43-18-12-30-53-43)51(62)45-20-8-10-32-56(45)35-37-15-5-2-6-16-37/h21-28,33,36-37,42-45,52-53H,1-20,29-32,34-35H2/t42-,43-,44?,45?/m0/s1. The molecule has 2 aliphatic carbocycles. The number of nitrogens with zero attached hydrogens (tertiary/aromatic N) is 5. The average Bonchev–Trinajstić information content (AvgIpc) is 4.16. The predicted molar refractivity (Wildman–Crippen MR) is 246 cm³/mol. The molecule has 5 heterocycles. The maximum Gasteiger partial charge on any atom is 0.251 e. The Morgan fingerprint density at radius 1 is 0.524 bits per heavy atom. The summed E-state index contributed by atoms with van der Waals surface area (Å²) in [4.78, 5) is 69.8. The van der Waals surface area contributed by atoms with E-state index >= 15 is 0 Å². The molecule has 2 saturated carbocycles. The van der Waals surface area contributed by atoms with Crippen molar-refractivity contribution in [2.24, 2.45) is 11.8 Å². The fourth-order valence-corrected chi connectivity index (χ4v) is 11.6. The van der Waals surface area contributed by atoms with Gasteiger partial charge in [-0.3, -0.25) is 29.0 Å². The maximum atomic E-state index is 14.6. The molecule has 63 heavy (non-hydrogen) atoms. The first-order valence-electron chi connectivity index (χ1n) is 24.8. The van der Waals surface area contributed by atoms with Crippen molar-refractivity contribution in [2.75, 3.05) is 49.1 Å². The number of piperidine rings is 2. The zero-order valence-electron chi connectivity index (χ0n) is 37.3. The third-order valence-corrected chi connectivity index (χ3v) is 15.1. The molecule has 9 rings (SSSR count). The lowest BCUT2D eigenvalue weighted by Gasteiger charge is -2.40. The van der Waals surface area contributed by atoms with Gasteiger partial charge in [-0.25, -0.2) is 14.8 Å². The Labute approximate surface area is 373 Å². The molecule has 2 unspecified atom stereocenters. The lowest BCUT2D eigenvalue weighted by Crippen LogP contribution is -2.56. The molecule has 4 aliphatic heterocycles. The quantitative estimate of drug-likeness (QED) is 0.172. The number of hydrogen-bond donors (Lipinski definition) is 2. The number of nitrogens with one attached hydrogen (secondary N) is 2. The second kappa shape index (κ2) is 20.7. The highest BCUT2D eigenvalue weighted by atomic mass is 16.4. The molecule has 6 aliphatic rings. The highest BCUT2D eigenvalue weighted by Crippen LogP contribution is 2.34. The molecule has 4 atom stereocenters. The minimum atomic E-state index is -0.374. The van der Waals surface area contributed by atoms with Gasteiger partial charge in [0, 0.05) is 24.2 Å². The molecule has 4 amide bonds. The Balaban J connectivity index is 0.919. The number of carbonyl (C=O) groups excluding carboxylic acids is 4. The summed E-state index contributed by atoms with van der Waals surface area (Å²) in [7, 11) is 0. The summed E-state index contributed by atoms with van der Waals surface area (Å²) in [5.74, 6) is 1.64. The van der Waals surface area contributed by atoms with E-state index in [1.807, 2.05) is 48.5 Å². The first-order valence-corrected chi connectivity index (χ1v) is 24.8. The molecule has 3 aromatic rings. The Morgan fingerprint density at radius 2 is 0.968 bits per heavy atom. The largest absolute Gasteiger partial charge is 0.436 e. The number of carbonyl (C=O) groups is 4. The van der Waals surface area contributed by atoms with Crippen molar-refractivity contribution in [1.29, 1.82) is 0 Å². The molecule has 4 saturated heterocycles. The molecule has 12 nitrogen and oxygen atoms in total. The van der Waals surface area contributed by atoms with Crippen LogP contribution in [0.3, 0.4) is 0 Å². The zero-order chi connectivity index (χ0) is 43.1. The minimum Gasteiger partial charge on any atom is -0.436 e. The molecule has 1 aromatic heterocycles. The van der Waals surface area contributed by atoms with E-state index in [4.69, 9.17) is 4.42 Å². The summed E-state index contributed by atoms with van der Waals surface area (Å²) in [6, 6.07) is 13.6. The normalized spacial score (nSPS) is 25.5. The number of aromatic nitrogens is 1. The Kier molecular flexibility index (Phi) is 14.5. The van der Waals surface area contributed by atoms with Crippen molar-refractivity contribution >= 4 is 35.0 Å². The number of imide groups is 2. The van der Waals surface area contributed by atoms with Crippen LogP contribution < -0.4 is 20.4 Å². The van der Waals surface area contributed by atoms with Gasteiger partial charge in [-0.2, -0.15) is 0 Å². The van der Waals surface area contributed by atoms with Gasteiger partial charge in [-0.15, -0.1) is 0 Å². The SMILES string of the molecule is O=C(C1CCCCN1CC1CCCCC1)N(C(=O)[C@@H]1CCCN1)c1ccc(-c2cnc(-c3ccc(N(C(=O)C4CCCCN4CC4CCCCC4)C(=O)[C@@H]4CCCN4)cc3)o2)cc1. The Morgan fingerprint density at radius 3 is 1.41 bits per heavy atom. The molecule has 12 heteroatoms. The third kappa shape index (κ3) is 10.2. The predicted octanol–water partition coefficient (Wildman–Crippen LogP) is 8.10. The van der Waals surface area contributed by atoms with E-state index in [2.05, 4.69) is 25.4 Å². The van der Waals surface area contributed by atoms with E-state index in [1.54, 1.807) is 6.20 Å². The van der Waals surface area contributed by atoms with Crippen molar-refractivity contribution in [2.45, 2.75) is 153 Å². The second-order valence-corrected chi connectivity index (χ2v) is 19.5. The summed E-state index contributed by atoms with van der Waals surface area (Å²) in [5, 5.41) is 6.68. The molecular weight excluding hydrogens is 791 g/mol. The number of amides is 4. The van der Waals surface area contributed by atoms with Crippen molar-refractivity contribution in [3.05, 3.63) is 54.7 Å². The van der Waals surface area contributed by atoms with E-state index in [0.29, 0.717) is 34.9 Å². The van der Waals surface area contributed by atoms with Crippen LogP contribution in [0.2, 0.25) is 0 Å². The zero-order valence-corrected chi connectivity index (χ0v) is 37.3. The van der Waals surface area contributed by atoms with Gasteiger partial charge in [0.1, 0.15) is 0 Å². The molecule has 338 valence electrons. The van der Waals surface area contributed by atoms with E-state index in [9.17, 15) is 19.2 Å². The van der Waals surface area contributed by atoms with Crippen LogP contribution in [-0.4, -0.2) is 102 Å². The topological polar surface area (TPSA) is 131 Å². The molecule has 0 radical (unpaired) electrons. The van der Waals surface area contributed by atoms with Crippen LogP contribution in [0.1, 0.15) is 128 Å². The average molecular weight is 860 g/mol. The summed E-state index contributed by atoms with van der Waals surface area (Å²) in [6.07, 6.45) is 23.2. The van der Waals surface area contributed by atoms with Crippen LogP contribution in [-0.2, 0) is 19.2 Å². The minimum absolute atomic E-state index is 0.112. The Hall–Kier alpha value is -4.23. The number of hydrogen-bond acceptors (Lipinski definition) is 10. The van der Waals surface area contributed by atoms with Gasteiger partial charge >= 0.3 is 0 Å². The molecule has 0 spiro atoms. The van der Waals surface area contributed by atoms with E-state index in [1.165, 1.54) is 74.0 Å². The van der Waals surface area contributed by atoms with Gasteiger partial charge in [0.25, 0.3) is 23.6 Å². The van der Waals surface area contributed by atoms with Crippen LogP contribution in [0.15, 0.2) is 59.1 Å². The van der Waals surface area contributed by atoms with Gasteiger partial charge in [0.05, 0.1) is 41.7 Å². The summed E-state index contributed by atoms with van der Waals surface area (Å²) in [6.45, 7) is 5.21. The van der Waals surface area contributed by atoms with Crippen LogP contribution in [0, 0.1) is 11.8 Å². The first kappa shape index (κ1) is 44.0. The molecular formula is C51H69N7O5. The van der Waals surface area contributed by atoms with Gasteiger partial charge < -0.3 is 15.1 Å². The number of oxazole rings is 1. The maximum absolute atomic E-state index is 14.6. The van der Waals surface area contributed by atoms with E-state index < -0.39 is 0 Å². The highest BCUT2D eigenvalue weighted by molar-refractivity contribution is 6.19. The van der Waals surface area contributed by atoms with Crippen molar-refractivity contribution in [3.63, 3.8) is 0 Å². The van der Waals surface area contributed by atoms with Crippen LogP contribution in [0.25, 0.3) is 22.8 Å².